The van der Waals surface area contributed by atoms with E-state index in [9.17, 15) is 9.90 Å². The lowest BCUT2D eigenvalue weighted by Gasteiger charge is -2.14. The first kappa shape index (κ1) is 22.2. The maximum absolute atomic E-state index is 13.2. The minimum Gasteiger partial charge on any atom is -0.508 e. The third kappa shape index (κ3) is 5.24. The summed E-state index contributed by atoms with van der Waals surface area (Å²) in [5, 5.41) is 18.5. The molecule has 0 radical (unpaired) electrons. The van der Waals surface area contributed by atoms with E-state index in [1.165, 1.54) is 28.8 Å². The Morgan fingerprint density at radius 2 is 1.42 bits per heavy atom. The highest BCUT2D eigenvalue weighted by molar-refractivity contribution is 8.19. The molecule has 3 aromatic carbocycles. The monoisotopic (exact) mass is 459 g/mol. The average molecular weight is 460 g/mol. The fraction of sp³-hybridized carbons (Fsp3) is 0.0800. The van der Waals surface area contributed by atoms with E-state index in [2.05, 4.69) is 10.2 Å². The number of amidine groups is 1. The van der Waals surface area contributed by atoms with E-state index in [-0.39, 0.29) is 11.7 Å². The number of rotatable bonds is 6. The molecule has 1 heterocycles. The normalized spacial score (nSPS) is 16.2. The van der Waals surface area contributed by atoms with Gasteiger partial charge < -0.3 is 14.6 Å². The van der Waals surface area contributed by atoms with Gasteiger partial charge in [0.25, 0.3) is 5.91 Å². The van der Waals surface area contributed by atoms with Crippen LogP contribution >= 0.6 is 11.8 Å². The third-order valence-corrected chi connectivity index (χ3v) is 5.75. The molecule has 0 spiro atoms. The van der Waals surface area contributed by atoms with Crippen LogP contribution in [0, 0.1) is 0 Å². The second-order valence-corrected chi connectivity index (χ2v) is 7.95. The molecule has 166 valence electrons. The van der Waals surface area contributed by atoms with E-state index in [4.69, 9.17) is 9.47 Å². The van der Waals surface area contributed by atoms with E-state index in [0.29, 0.717) is 15.8 Å². The van der Waals surface area contributed by atoms with Gasteiger partial charge in [0.2, 0.25) is 5.17 Å². The average Bonchev–Trinajstić information content (AvgIpc) is 3.15. The molecule has 0 aromatic heterocycles. The van der Waals surface area contributed by atoms with Crippen LogP contribution in [0.4, 0.5) is 5.69 Å². The van der Waals surface area contributed by atoms with E-state index in [1.807, 2.05) is 48.5 Å². The van der Waals surface area contributed by atoms with Crippen molar-refractivity contribution in [3.63, 3.8) is 0 Å². The van der Waals surface area contributed by atoms with Gasteiger partial charge in [0.05, 0.1) is 31.0 Å². The summed E-state index contributed by atoms with van der Waals surface area (Å²) >= 11 is 1.23. The highest BCUT2D eigenvalue weighted by atomic mass is 32.2. The molecule has 3 aromatic rings. The lowest BCUT2D eigenvalue weighted by atomic mass is 10.2. The quantitative estimate of drug-likeness (QED) is 0.321. The highest BCUT2D eigenvalue weighted by Crippen LogP contribution is 2.36. The number of carbonyl (C=O) groups excluding carboxylic acids is 1. The molecule has 0 unspecified atom stereocenters. The second kappa shape index (κ2) is 10.1. The molecule has 1 saturated heterocycles. The van der Waals surface area contributed by atoms with Crippen molar-refractivity contribution in [1.82, 2.24) is 0 Å². The second-order valence-electron chi connectivity index (χ2n) is 6.94. The van der Waals surface area contributed by atoms with Crippen LogP contribution in [0.3, 0.4) is 0 Å². The molecule has 0 aliphatic carbocycles. The van der Waals surface area contributed by atoms with Crippen molar-refractivity contribution in [1.29, 1.82) is 0 Å². The first-order valence-corrected chi connectivity index (χ1v) is 10.8. The van der Waals surface area contributed by atoms with E-state index in [0.717, 1.165) is 22.6 Å². The minimum atomic E-state index is -0.222. The zero-order chi connectivity index (χ0) is 23.2. The molecule has 0 atom stereocenters. The number of hydrogen-bond acceptors (Lipinski definition) is 7. The highest BCUT2D eigenvalue weighted by Gasteiger charge is 2.35. The number of carbonyl (C=O) groups is 1. The zero-order valence-electron chi connectivity index (χ0n) is 18.0. The van der Waals surface area contributed by atoms with Gasteiger partial charge >= 0.3 is 0 Å². The number of ether oxygens (including phenoxy) is 2. The molecule has 1 aliphatic rings. The van der Waals surface area contributed by atoms with Crippen LogP contribution in [0.25, 0.3) is 6.08 Å². The first-order chi connectivity index (χ1) is 16.1. The lowest BCUT2D eigenvalue weighted by molar-refractivity contribution is -0.113. The van der Waals surface area contributed by atoms with Crippen LogP contribution in [0.15, 0.2) is 87.9 Å². The molecule has 7 nitrogen and oxygen atoms in total. The summed E-state index contributed by atoms with van der Waals surface area (Å²) in [6.07, 6.45) is 3.41. The molecule has 4 rings (SSSR count). The lowest BCUT2D eigenvalue weighted by Crippen LogP contribution is -2.28. The summed E-state index contributed by atoms with van der Waals surface area (Å²) in [6.45, 7) is 0. The SMILES string of the molecule is COc1ccc(C=NN=C2S/C(=C/c3ccc(OC)cc3)C(=O)N2c2ccc(O)cc2)cc1. The predicted octanol–water partition coefficient (Wildman–Crippen LogP) is 4.92. The standard InChI is InChI=1S/C25H21N3O4S/c1-31-21-11-3-17(4-12-21)15-23-24(30)28(19-7-9-20(29)10-8-19)25(33-23)27-26-16-18-5-13-22(32-2)14-6-18/h3-16,29H,1-2H3/b23-15+,26-16?,27-25?. The Bertz CT molecular complexity index is 1220. The number of benzene rings is 3. The number of amides is 1. The van der Waals surface area contributed by atoms with E-state index >= 15 is 0 Å². The Hall–Kier alpha value is -4.04. The van der Waals surface area contributed by atoms with Gasteiger partial charge in [-0.25, -0.2) is 0 Å². The molecular weight excluding hydrogens is 438 g/mol. The van der Waals surface area contributed by atoms with Crippen LogP contribution in [0.5, 0.6) is 17.2 Å². The topological polar surface area (TPSA) is 83.7 Å². The Morgan fingerprint density at radius 3 is 2.00 bits per heavy atom. The number of aromatic hydroxyl groups is 1. The van der Waals surface area contributed by atoms with Crippen LogP contribution < -0.4 is 14.4 Å². The molecule has 1 N–H and O–H groups in total. The maximum atomic E-state index is 13.2. The van der Waals surface area contributed by atoms with Crippen molar-refractivity contribution in [3.8, 4) is 17.2 Å². The summed E-state index contributed by atoms with van der Waals surface area (Å²) in [7, 11) is 3.22. The Labute approximate surface area is 195 Å². The van der Waals surface area contributed by atoms with Gasteiger partial charge in [0.15, 0.2) is 0 Å². The van der Waals surface area contributed by atoms with E-state index in [1.54, 1.807) is 38.6 Å². The Morgan fingerprint density at radius 1 is 0.848 bits per heavy atom. The number of nitrogens with zero attached hydrogens (tertiary/aromatic N) is 3. The van der Waals surface area contributed by atoms with Crippen molar-refractivity contribution >= 4 is 40.8 Å². The van der Waals surface area contributed by atoms with Crippen LogP contribution in [-0.4, -0.2) is 36.6 Å². The summed E-state index contributed by atoms with van der Waals surface area (Å²) < 4.78 is 10.4. The summed E-state index contributed by atoms with van der Waals surface area (Å²) in [6, 6.07) is 21.2. The molecule has 0 bridgehead atoms. The van der Waals surface area contributed by atoms with Gasteiger partial charge in [-0.05, 0) is 89.6 Å². The number of thioether (sulfide) groups is 1. The van der Waals surface area contributed by atoms with Crippen molar-refractivity contribution in [3.05, 3.63) is 88.8 Å². The molecule has 33 heavy (non-hydrogen) atoms. The zero-order valence-corrected chi connectivity index (χ0v) is 18.8. The predicted molar refractivity (Wildman–Crippen MR) is 132 cm³/mol. The number of methoxy groups -OCH3 is 2. The van der Waals surface area contributed by atoms with Gasteiger partial charge in [-0.2, -0.15) is 5.10 Å². The summed E-state index contributed by atoms with van der Waals surface area (Å²) in [5.41, 5.74) is 2.29. The number of phenolic OH excluding ortho intramolecular Hbond substituents is 1. The molecule has 1 fully saturated rings. The largest absolute Gasteiger partial charge is 0.508 e. The van der Waals surface area contributed by atoms with Gasteiger partial charge in [0.1, 0.15) is 17.2 Å². The maximum Gasteiger partial charge on any atom is 0.271 e. The number of anilines is 1. The molecule has 1 amide bonds. The van der Waals surface area contributed by atoms with Crippen LogP contribution in [0.1, 0.15) is 11.1 Å². The fourth-order valence-corrected chi connectivity index (χ4v) is 3.99. The summed E-state index contributed by atoms with van der Waals surface area (Å²) in [5.74, 6) is 1.38. The van der Waals surface area contributed by atoms with Crippen molar-refractivity contribution in [2.24, 2.45) is 10.2 Å². The van der Waals surface area contributed by atoms with E-state index < -0.39 is 0 Å². The Balaban J connectivity index is 1.64. The smallest absolute Gasteiger partial charge is 0.271 e. The van der Waals surface area contributed by atoms with Gasteiger partial charge in [0, 0.05) is 0 Å². The van der Waals surface area contributed by atoms with Crippen LogP contribution in [0.2, 0.25) is 0 Å². The fourth-order valence-electron chi connectivity index (χ4n) is 3.06. The molecule has 1 aliphatic heterocycles. The van der Waals surface area contributed by atoms with Gasteiger partial charge in [-0.15, -0.1) is 5.10 Å². The minimum absolute atomic E-state index is 0.114. The van der Waals surface area contributed by atoms with Gasteiger partial charge in [-0.3, -0.25) is 9.69 Å². The molecule has 0 saturated carbocycles. The molecular formula is C25H21N3O4S. The van der Waals surface area contributed by atoms with Gasteiger partial charge in [-0.1, -0.05) is 12.1 Å². The Kier molecular flexibility index (Phi) is 6.75. The van der Waals surface area contributed by atoms with Crippen molar-refractivity contribution in [2.75, 3.05) is 19.1 Å². The first-order valence-electron chi connectivity index (χ1n) is 9.99. The molecule has 8 heteroatoms. The van der Waals surface area contributed by atoms with Crippen molar-refractivity contribution < 1.29 is 19.4 Å². The van der Waals surface area contributed by atoms with Crippen molar-refractivity contribution in [2.45, 2.75) is 0 Å². The summed E-state index contributed by atoms with van der Waals surface area (Å²) in [4.78, 5) is 15.2. The number of hydrogen-bond donors (Lipinski definition) is 1. The van der Waals surface area contributed by atoms with Crippen LogP contribution in [-0.2, 0) is 4.79 Å². The third-order valence-electron chi connectivity index (χ3n) is 4.79. The number of phenols is 1.